The molecule has 1 aromatic heterocycles. The van der Waals surface area contributed by atoms with Crippen LogP contribution in [0.3, 0.4) is 0 Å². The third-order valence-corrected chi connectivity index (χ3v) is 4.32. The van der Waals surface area contributed by atoms with E-state index in [1.165, 1.54) is 29.8 Å². The first-order valence-corrected chi connectivity index (χ1v) is 8.19. The van der Waals surface area contributed by atoms with Crippen LogP contribution >= 0.6 is 0 Å². The molecule has 0 aliphatic heterocycles. The van der Waals surface area contributed by atoms with Crippen LogP contribution < -0.4 is 0 Å². The van der Waals surface area contributed by atoms with Crippen molar-refractivity contribution in [2.75, 3.05) is 0 Å². The van der Waals surface area contributed by atoms with Gasteiger partial charge in [0.2, 0.25) is 0 Å². The average molecular weight is 380 g/mol. The number of fused-ring (bicyclic) bond motifs is 1. The molecule has 0 aliphatic rings. The molecule has 1 N–H and O–H groups in total. The van der Waals surface area contributed by atoms with Crippen molar-refractivity contribution in [2.45, 2.75) is 26.1 Å². The molecule has 1 atom stereocenters. The number of hydrogen-bond acceptors (Lipinski definition) is 2. The Morgan fingerprint density at radius 1 is 1.19 bits per heavy atom. The lowest BCUT2D eigenvalue weighted by atomic mass is 10.0. The molecule has 0 aliphatic carbocycles. The van der Waals surface area contributed by atoms with Gasteiger partial charge in [-0.15, -0.1) is 0 Å². The van der Waals surface area contributed by atoms with E-state index < -0.39 is 29.4 Å². The standard InChI is InChI=1S/C19H16F4N2O2/c1-11(18(26)27)8-16-15-9-13(19(21,22)23)4-7-17(15)25(24-16)10-12-2-5-14(20)6-3-12/h2-7,9,11H,8,10H2,1H3,(H,26,27). The highest BCUT2D eigenvalue weighted by atomic mass is 19.4. The van der Waals surface area contributed by atoms with Crippen molar-refractivity contribution in [1.29, 1.82) is 0 Å². The Morgan fingerprint density at radius 2 is 1.85 bits per heavy atom. The lowest BCUT2D eigenvalue weighted by Crippen LogP contribution is -2.13. The summed E-state index contributed by atoms with van der Waals surface area (Å²) in [5.41, 5.74) is 0.645. The topological polar surface area (TPSA) is 55.1 Å². The fourth-order valence-electron chi connectivity index (χ4n) is 2.83. The first-order valence-electron chi connectivity index (χ1n) is 8.19. The van der Waals surface area contributed by atoms with Crippen molar-refractivity contribution in [3.63, 3.8) is 0 Å². The van der Waals surface area contributed by atoms with Crippen LogP contribution in [-0.4, -0.2) is 20.9 Å². The summed E-state index contributed by atoms with van der Waals surface area (Å²) < 4.78 is 53.8. The zero-order valence-corrected chi connectivity index (χ0v) is 14.3. The summed E-state index contributed by atoms with van der Waals surface area (Å²) in [6.07, 6.45) is -4.51. The van der Waals surface area contributed by atoms with Crippen LogP contribution in [0.15, 0.2) is 42.5 Å². The summed E-state index contributed by atoms with van der Waals surface area (Å²) in [7, 11) is 0. The van der Waals surface area contributed by atoms with Crippen LogP contribution in [0, 0.1) is 11.7 Å². The van der Waals surface area contributed by atoms with Crippen LogP contribution in [0.5, 0.6) is 0 Å². The Bertz CT molecular complexity index is 978. The summed E-state index contributed by atoms with van der Waals surface area (Å²) in [6, 6.07) is 8.98. The van der Waals surface area contributed by atoms with Gasteiger partial charge in [0, 0.05) is 11.8 Å². The third kappa shape index (κ3) is 4.10. The Morgan fingerprint density at radius 3 is 2.44 bits per heavy atom. The minimum atomic E-state index is -4.51. The molecule has 4 nitrogen and oxygen atoms in total. The minimum absolute atomic E-state index is 0.00353. The molecule has 1 heterocycles. The van der Waals surface area contributed by atoms with Gasteiger partial charge in [-0.1, -0.05) is 19.1 Å². The molecule has 0 bridgehead atoms. The molecule has 0 saturated carbocycles. The number of carboxylic acids is 1. The Balaban J connectivity index is 2.07. The van der Waals surface area contributed by atoms with E-state index in [2.05, 4.69) is 5.10 Å². The summed E-state index contributed by atoms with van der Waals surface area (Å²) in [5.74, 6) is -2.24. The average Bonchev–Trinajstić information content (AvgIpc) is 2.93. The highest BCUT2D eigenvalue weighted by Crippen LogP contribution is 2.33. The molecule has 2 aromatic carbocycles. The van der Waals surface area contributed by atoms with Gasteiger partial charge in [0.1, 0.15) is 5.82 Å². The second-order valence-corrected chi connectivity index (χ2v) is 6.40. The van der Waals surface area contributed by atoms with Crippen LogP contribution in [0.1, 0.15) is 23.7 Å². The van der Waals surface area contributed by atoms with E-state index >= 15 is 0 Å². The maximum atomic E-state index is 13.1. The summed E-state index contributed by atoms with van der Waals surface area (Å²) >= 11 is 0. The number of benzene rings is 2. The van der Waals surface area contributed by atoms with E-state index in [0.29, 0.717) is 5.52 Å². The Kier molecular flexibility index (Phi) is 4.91. The van der Waals surface area contributed by atoms with E-state index in [-0.39, 0.29) is 24.0 Å². The molecule has 27 heavy (non-hydrogen) atoms. The maximum Gasteiger partial charge on any atom is 0.416 e. The van der Waals surface area contributed by atoms with Crippen molar-refractivity contribution >= 4 is 16.9 Å². The van der Waals surface area contributed by atoms with Gasteiger partial charge in [0.15, 0.2) is 0 Å². The van der Waals surface area contributed by atoms with Crippen molar-refractivity contribution in [1.82, 2.24) is 9.78 Å². The Hall–Kier alpha value is -2.90. The van der Waals surface area contributed by atoms with Gasteiger partial charge < -0.3 is 5.11 Å². The molecule has 0 fully saturated rings. The normalized spacial score (nSPS) is 13.1. The third-order valence-electron chi connectivity index (χ3n) is 4.32. The van der Waals surface area contributed by atoms with E-state index in [9.17, 15) is 22.4 Å². The van der Waals surface area contributed by atoms with Gasteiger partial charge in [-0.3, -0.25) is 9.48 Å². The van der Waals surface area contributed by atoms with Crippen LogP contribution in [0.25, 0.3) is 10.9 Å². The molecular formula is C19H16F4N2O2. The van der Waals surface area contributed by atoms with E-state index in [1.54, 1.807) is 12.1 Å². The molecule has 3 rings (SSSR count). The number of aliphatic carboxylic acids is 1. The van der Waals surface area contributed by atoms with Crippen LogP contribution in [-0.2, 0) is 23.9 Å². The van der Waals surface area contributed by atoms with Crippen LogP contribution in [0.2, 0.25) is 0 Å². The predicted octanol–water partition coefficient (Wildman–Crippen LogP) is 4.51. The first-order chi connectivity index (χ1) is 12.6. The molecule has 0 amide bonds. The number of nitrogens with zero attached hydrogens (tertiary/aromatic N) is 2. The van der Waals surface area contributed by atoms with Crippen molar-refractivity contribution in [2.24, 2.45) is 5.92 Å². The monoisotopic (exact) mass is 380 g/mol. The number of carboxylic acid groups (broad SMARTS) is 1. The second kappa shape index (κ2) is 7.02. The van der Waals surface area contributed by atoms with Gasteiger partial charge in [-0.05, 0) is 35.9 Å². The number of carbonyl (C=O) groups is 1. The largest absolute Gasteiger partial charge is 0.481 e. The lowest BCUT2D eigenvalue weighted by Gasteiger charge is -2.08. The van der Waals surface area contributed by atoms with E-state index in [4.69, 9.17) is 5.11 Å². The summed E-state index contributed by atoms with van der Waals surface area (Å²) in [4.78, 5) is 11.1. The van der Waals surface area contributed by atoms with Crippen molar-refractivity contribution in [3.8, 4) is 0 Å². The lowest BCUT2D eigenvalue weighted by molar-refractivity contribution is -0.141. The summed E-state index contributed by atoms with van der Waals surface area (Å²) in [5, 5.41) is 13.7. The number of hydrogen-bond donors (Lipinski definition) is 1. The molecule has 0 saturated heterocycles. The fraction of sp³-hybridized carbons (Fsp3) is 0.263. The van der Waals surface area contributed by atoms with Gasteiger partial charge in [0.05, 0.1) is 29.2 Å². The molecule has 0 spiro atoms. The maximum absolute atomic E-state index is 13.1. The molecular weight excluding hydrogens is 364 g/mol. The first kappa shape index (κ1) is 18.9. The fourth-order valence-corrected chi connectivity index (χ4v) is 2.83. The zero-order valence-electron chi connectivity index (χ0n) is 14.3. The van der Waals surface area contributed by atoms with Gasteiger partial charge in [-0.2, -0.15) is 18.3 Å². The smallest absolute Gasteiger partial charge is 0.416 e. The van der Waals surface area contributed by atoms with Gasteiger partial charge in [0.25, 0.3) is 0 Å². The van der Waals surface area contributed by atoms with Crippen molar-refractivity contribution in [3.05, 3.63) is 65.1 Å². The predicted molar refractivity (Wildman–Crippen MR) is 90.7 cm³/mol. The SMILES string of the molecule is CC(Cc1nn(Cc2ccc(F)cc2)c2ccc(C(F)(F)F)cc12)C(=O)O. The van der Waals surface area contributed by atoms with E-state index in [0.717, 1.165) is 17.7 Å². The summed E-state index contributed by atoms with van der Waals surface area (Å²) in [6.45, 7) is 1.70. The number of aromatic nitrogens is 2. The van der Waals surface area contributed by atoms with Crippen molar-refractivity contribution < 1.29 is 27.5 Å². The van der Waals surface area contributed by atoms with Crippen LogP contribution in [0.4, 0.5) is 17.6 Å². The van der Waals surface area contributed by atoms with E-state index in [1.807, 2.05) is 0 Å². The van der Waals surface area contributed by atoms with Gasteiger partial charge >= 0.3 is 12.1 Å². The number of halogens is 4. The highest BCUT2D eigenvalue weighted by Gasteiger charge is 2.31. The number of rotatable bonds is 5. The highest BCUT2D eigenvalue weighted by molar-refractivity contribution is 5.83. The quantitative estimate of drug-likeness (QED) is 0.663. The Labute approximate surface area is 152 Å². The number of alkyl halides is 3. The molecule has 0 radical (unpaired) electrons. The minimum Gasteiger partial charge on any atom is -0.481 e. The molecule has 3 aromatic rings. The molecule has 1 unspecified atom stereocenters. The van der Waals surface area contributed by atoms with Gasteiger partial charge in [-0.25, -0.2) is 4.39 Å². The molecule has 142 valence electrons. The zero-order chi connectivity index (χ0) is 19.8. The second-order valence-electron chi connectivity index (χ2n) is 6.40. The molecule has 8 heteroatoms.